The molecule has 3 heteroatoms. The smallest absolute Gasteiger partial charge is 0.144 e. The highest BCUT2D eigenvalue weighted by atomic mass is 16.3. The Morgan fingerprint density at radius 2 is 1.23 bits per heavy atom. The topological polar surface area (TPSA) is 39.2 Å². The van der Waals surface area contributed by atoms with Gasteiger partial charge in [0.15, 0.2) is 0 Å². The van der Waals surface area contributed by atoms with Gasteiger partial charge in [-0.2, -0.15) is 0 Å². The van der Waals surface area contributed by atoms with Crippen LogP contribution in [0.15, 0.2) is 93.9 Å². The molecule has 0 amide bonds. The Hall–Kier alpha value is -4.11. The molecular formula is C28H17NO2. The van der Waals surface area contributed by atoms with Crippen molar-refractivity contribution in [3.63, 3.8) is 0 Å². The lowest BCUT2D eigenvalue weighted by Gasteiger charge is -2.08. The molecule has 0 atom stereocenters. The van der Waals surface area contributed by atoms with Crippen molar-refractivity contribution in [2.24, 2.45) is 0 Å². The minimum absolute atomic E-state index is 0.872. The number of nitrogens with zero attached hydrogens (tertiary/aromatic N) is 1. The first-order valence-corrected chi connectivity index (χ1v) is 10.4. The zero-order chi connectivity index (χ0) is 20.5. The molecule has 0 bridgehead atoms. The summed E-state index contributed by atoms with van der Waals surface area (Å²) in [5.74, 6) is 0. The van der Waals surface area contributed by atoms with Crippen molar-refractivity contribution in [1.82, 2.24) is 4.98 Å². The van der Waals surface area contributed by atoms with Crippen LogP contribution in [-0.2, 0) is 0 Å². The molecule has 0 spiro atoms. The molecule has 0 aliphatic heterocycles. The minimum Gasteiger partial charge on any atom is -0.455 e. The molecule has 4 aromatic carbocycles. The fraction of sp³-hybridized carbons (Fsp3) is 0.0357. The normalized spacial score (nSPS) is 12.0. The van der Waals surface area contributed by atoms with Gasteiger partial charge in [0.2, 0.25) is 0 Å². The number of hydrogen-bond donors (Lipinski definition) is 0. The molecule has 0 unspecified atom stereocenters. The van der Waals surface area contributed by atoms with E-state index in [1.54, 1.807) is 0 Å². The summed E-state index contributed by atoms with van der Waals surface area (Å²) in [5, 5.41) is 6.62. The molecule has 0 saturated carbocycles. The molecule has 0 aliphatic rings. The van der Waals surface area contributed by atoms with E-state index in [1.807, 2.05) is 48.7 Å². The molecule has 31 heavy (non-hydrogen) atoms. The zero-order valence-electron chi connectivity index (χ0n) is 16.8. The van der Waals surface area contributed by atoms with E-state index in [0.29, 0.717) is 0 Å². The number of furan rings is 2. The second-order valence-corrected chi connectivity index (χ2v) is 8.08. The summed E-state index contributed by atoms with van der Waals surface area (Å²) in [6, 6.07) is 27.0. The van der Waals surface area contributed by atoms with Crippen LogP contribution in [0.1, 0.15) is 5.56 Å². The van der Waals surface area contributed by atoms with E-state index in [2.05, 4.69) is 43.3 Å². The zero-order valence-corrected chi connectivity index (χ0v) is 16.8. The number of benzene rings is 4. The van der Waals surface area contributed by atoms with Gasteiger partial charge in [0.1, 0.15) is 22.3 Å². The highest BCUT2D eigenvalue weighted by molar-refractivity contribution is 6.18. The lowest BCUT2D eigenvalue weighted by atomic mass is 9.98. The fourth-order valence-electron chi connectivity index (χ4n) is 4.80. The van der Waals surface area contributed by atoms with Crippen molar-refractivity contribution >= 4 is 54.6 Å². The van der Waals surface area contributed by atoms with Gasteiger partial charge in [-0.05, 0) is 48.9 Å². The maximum Gasteiger partial charge on any atom is 0.144 e. The molecular weight excluding hydrogens is 382 g/mol. The van der Waals surface area contributed by atoms with Gasteiger partial charge in [0.25, 0.3) is 0 Å². The molecule has 7 aromatic rings. The quantitative estimate of drug-likeness (QED) is 0.281. The Kier molecular flexibility index (Phi) is 3.20. The third kappa shape index (κ3) is 2.26. The molecule has 0 saturated heterocycles. The van der Waals surface area contributed by atoms with Crippen molar-refractivity contribution in [3.05, 3.63) is 90.6 Å². The van der Waals surface area contributed by atoms with Crippen molar-refractivity contribution < 1.29 is 8.83 Å². The second-order valence-electron chi connectivity index (χ2n) is 8.08. The maximum absolute atomic E-state index is 6.31. The highest BCUT2D eigenvalue weighted by Crippen LogP contribution is 2.40. The van der Waals surface area contributed by atoms with E-state index in [9.17, 15) is 0 Å². The molecule has 0 aliphatic carbocycles. The fourth-order valence-corrected chi connectivity index (χ4v) is 4.80. The number of para-hydroxylation sites is 2. The number of aryl methyl sites for hydroxylation is 1. The molecule has 146 valence electrons. The molecule has 7 rings (SSSR count). The Morgan fingerprint density at radius 3 is 2.03 bits per heavy atom. The van der Waals surface area contributed by atoms with Gasteiger partial charge in [0, 0.05) is 44.1 Å². The average Bonchev–Trinajstić information content (AvgIpc) is 3.37. The predicted octanol–water partition coefficient (Wildman–Crippen LogP) is 8.01. The lowest BCUT2D eigenvalue weighted by Crippen LogP contribution is -1.88. The number of hydrogen-bond acceptors (Lipinski definition) is 3. The first-order valence-electron chi connectivity index (χ1n) is 10.4. The Morgan fingerprint density at radius 1 is 0.581 bits per heavy atom. The van der Waals surface area contributed by atoms with Crippen molar-refractivity contribution in [3.8, 4) is 11.3 Å². The number of fused-ring (bicyclic) bond motifs is 8. The van der Waals surface area contributed by atoms with Crippen molar-refractivity contribution in [2.45, 2.75) is 6.92 Å². The average molecular weight is 399 g/mol. The van der Waals surface area contributed by atoms with Crippen LogP contribution < -0.4 is 0 Å². The van der Waals surface area contributed by atoms with Crippen LogP contribution >= 0.6 is 0 Å². The predicted molar refractivity (Wildman–Crippen MR) is 126 cm³/mol. The molecule has 3 aromatic heterocycles. The van der Waals surface area contributed by atoms with Crippen molar-refractivity contribution in [1.29, 1.82) is 0 Å². The van der Waals surface area contributed by atoms with E-state index in [1.165, 1.54) is 5.56 Å². The highest BCUT2D eigenvalue weighted by Gasteiger charge is 2.18. The van der Waals surface area contributed by atoms with Crippen LogP contribution in [0.2, 0.25) is 0 Å². The minimum atomic E-state index is 0.872. The maximum atomic E-state index is 6.31. The largest absolute Gasteiger partial charge is 0.455 e. The number of rotatable bonds is 1. The van der Waals surface area contributed by atoms with Gasteiger partial charge < -0.3 is 8.83 Å². The van der Waals surface area contributed by atoms with E-state index >= 15 is 0 Å². The Bertz CT molecular complexity index is 1800. The van der Waals surface area contributed by atoms with E-state index < -0.39 is 0 Å². The SMILES string of the molecule is Cc1cc(-c2nccc3c2ccc2c4ccccc4oc32)c2oc3ccccc3c2c1. The van der Waals surface area contributed by atoms with E-state index in [4.69, 9.17) is 13.8 Å². The third-order valence-electron chi connectivity index (χ3n) is 6.16. The number of pyridine rings is 1. The summed E-state index contributed by atoms with van der Waals surface area (Å²) in [7, 11) is 0. The molecule has 0 N–H and O–H groups in total. The summed E-state index contributed by atoms with van der Waals surface area (Å²) < 4.78 is 12.6. The van der Waals surface area contributed by atoms with Crippen LogP contribution in [-0.4, -0.2) is 4.98 Å². The summed E-state index contributed by atoms with van der Waals surface area (Å²) >= 11 is 0. The van der Waals surface area contributed by atoms with Gasteiger partial charge in [-0.15, -0.1) is 0 Å². The summed E-state index contributed by atoms with van der Waals surface area (Å²) in [6.07, 6.45) is 1.86. The van der Waals surface area contributed by atoms with Crippen LogP contribution in [0.4, 0.5) is 0 Å². The van der Waals surface area contributed by atoms with E-state index in [-0.39, 0.29) is 0 Å². The van der Waals surface area contributed by atoms with Crippen LogP contribution in [0.25, 0.3) is 65.9 Å². The second kappa shape index (κ2) is 5.96. The van der Waals surface area contributed by atoms with Gasteiger partial charge in [-0.25, -0.2) is 0 Å². The summed E-state index contributed by atoms with van der Waals surface area (Å²) in [4.78, 5) is 4.80. The standard InChI is InChI=1S/C28H17NO2/c1-16-14-22-18-7-3-5-9-25(18)31-28(22)23(15-16)26-19-10-11-20-17-6-2-4-8-24(17)30-27(20)21(19)12-13-29-26/h2-15H,1H3. The molecule has 3 heterocycles. The first-order chi connectivity index (χ1) is 15.3. The molecule has 0 radical (unpaired) electrons. The summed E-state index contributed by atoms with van der Waals surface area (Å²) in [5.41, 5.74) is 6.66. The first kappa shape index (κ1) is 16.7. The molecule has 0 fully saturated rings. The van der Waals surface area contributed by atoms with Gasteiger partial charge >= 0.3 is 0 Å². The van der Waals surface area contributed by atoms with E-state index in [0.717, 1.165) is 65.9 Å². The van der Waals surface area contributed by atoms with Crippen LogP contribution in [0, 0.1) is 6.92 Å². The van der Waals surface area contributed by atoms with Crippen molar-refractivity contribution in [2.75, 3.05) is 0 Å². The Labute approximate surface area is 177 Å². The van der Waals surface area contributed by atoms with Gasteiger partial charge in [0.05, 0.1) is 5.69 Å². The molecule has 3 nitrogen and oxygen atoms in total. The van der Waals surface area contributed by atoms with Gasteiger partial charge in [-0.1, -0.05) is 42.5 Å². The lowest BCUT2D eigenvalue weighted by molar-refractivity contribution is 0.669. The van der Waals surface area contributed by atoms with Crippen LogP contribution in [0.5, 0.6) is 0 Å². The number of aromatic nitrogens is 1. The monoisotopic (exact) mass is 399 g/mol. The van der Waals surface area contributed by atoms with Gasteiger partial charge in [-0.3, -0.25) is 4.98 Å². The summed E-state index contributed by atoms with van der Waals surface area (Å²) in [6.45, 7) is 2.12. The third-order valence-corrected chi connectivity index (χ3v) is 6.16. The Balaban J connectivity index is 1.61. The van der Waals surface area contributed by atoms with Crippen LogP contribution in [0.3, 0.4) is 0 Å².